The summed E-state index contributed by atoms with van der Waals surface area (Å²) in [5, 5.41) is 9.40. The maximum atomic E-state index is 12.4. The Hall–Kier alpha value is -0.290. The molecule has 1 unspecified atom stereocenters. The molecule has 1 rings (SSSR count). The number of hydrogen-bond donors (Lipinski definition) is 2. The zero-order chi connectivity index (χ0) is 11.0. The van der Waals surface area contributed by atoms with E-state index in [9.17, 15) is 18.3 Å². The number of aliphatic hydroxyl groups is 1. The Labute approximate surface area is 81.3 Å². The summed E-state index contributed by atoms with van der Waals surface area (Å²) in [6, 6.07) is -0.00437. The summed E-state index contributed by atoms with van der Waals surface area (Å²) in [7, 11) is 0. The molecule has 84 valence electrons. The molecule has 0 radical (unpaired) electrons. The van der Waals surface area contributed by atoms with Gasteiger partial charge in [-0.1, -0.05) is 0 Å². The zero-order valence-corrected chi connectivity index (χ0v) is 8.14. The molecule has 1 fully saturated rings. The minimum atomic E-state index is -4.54. The minimum absolute atomic E-state index is 0.00437. The lowest BCUT2D eigenvalue weighted by Gasteiger charge is -2.38. The smallest absolute Gasteiger partial charge is 0.380 e. The Bertz CT molecular complexity index is 195. The second kappa shape index (κ2) is 3.70. The third-order valence-corrected chi connectivity index (χ3v) is 3.14. The molecule has 0 aliphatic heterocycles. The van der Waals surface area contributed by atoms with E-state index in [-0.39, 0.29) is 6.04 Å². The molecule has 0 amide bonds. The first kappa shape index (κ1) is 11.8. The van der Waals surface area contributed by atoms with Gasteiger partial charge in [0.05, 0.1) is 0 Å². The van der Waals surface area contributed by atoms with Crippen molar-refractivity contribution in [1.82, 2.24) is 0 Å². The Morgan fingerprint density at radius 3 is 1.93 bits per heavy atom. The van der Waals surface area contributed by atoms with E-state index < -0.39 is 17.7 Å². The van der Waals surface area contributed by atoms with E-state index in [1.165, 1.54) is 0 Å². The maximum Gasteiger partial charge on any atom is 0.417 e. The van der Waals surface area contributed by atoms with Gasteiger partial charge < -0.3 is 10.8 Å². The van der Waals surface area contributed by atoms with Crippen LogP contribution in [0.25, 0.3) is 0 Å². The zero-order valence-electron chi connectivity index (χ0n) is 8.14. The lowest BCUT2D eigenvalue weighted by Crippen LogP contribution is -2.50. The molecule has 1 saturated carbocycles. The normalized spacial score (nSPS) is 33.9. The van der Waals surface area contributed by atoms with Crippen LogP contribution in [0.1, 0.15) is 32.6 Å². The topological polar surface area (TPSA) is 46.2 Å². The highest BCUT2D eigenvalue weighted by molar-refractivity contribution is 4.92. The molecule has 14 heavy (non-hydrogen) atoms. The van der Waals surface area contributed by atoms with Gasteiger partial charge in [-0.05, 0) is 38.5 Å². The van der Waals surface area contributed by atoms with E-state index in [4.69, 9.17) is 5.73 Å². The highest BCUT2D eigenvalue weighted by Crippen LogP contribution is 2.42. The molecule has 0 aromatic carbocycles. The lowest BCUT2D eigenvalue weighted by atomic mass is 9.76. The average Bonchev–Trinajstić information content (AvgIpc) is 2.03. The van der Waals surface area contributed by atoms with Gasteiger partial charge in [0.2, 0.25) is 0 Å². The van der Waals surface area contributed by atoms with Crippen LogP contribution in [0.2, 0.25) is 0 Å². The van der Waals surface area contributed by atoms with Gasteiger partial charge in [0.25, 0.3) is 0 Å². The van der Waals surface area contributed by atoms with Crippen LogP contribution in [0, 0.1) is 5.92 Å². The fourth-order valence-corrected chi connectivity index (χ4v) is 1.91. The molecule has 1 atom stereocenters. The summed E-state index contributed by atoms with van der Waals surface area (Å²) in [6.07, 6.45) is -2.70. The predicted molar refractivity (Wildman–Crippen MR) is 46.6 cm³/mol. The van der Waals surface area contributed by atoms with Crippen molar-refractivity contribution < 1.29 is 18.3 Å². The van der Waals surface area contributed by atoms with E-state index >= 15 is 0 Å². The van der Waals surface area contributed by atoms with Crippen molar-refractivity contribution in [2.75, 3.05) is 0 Å². The first-order valence-electron chi connectivity index (χ1n) is 4.80. The van der Waals surface area contributed by atoms with E-state index in [1.54, 1.807) is 0 Å². The fourth-order valence-electron chi connectivity index (χ4n) is 1.91. The third kappa shape index (κ3) is 2.20. The van der Waals surface area contributed by atoms with Crippen LogP contribution in [-0.2, 0) is 0 Å². The Morgan fingerprint density at radius 1 is 1.14 bits per heavy atom. The summed E-state index contributed by atoms with van der Waals surface area (Å²) in [6.45, 7) is 0.856. The van der Waals surface area contributed by atoms with Crippen LogP contribution >= 0.6 is 0 Å². The molecule has 0 spiro atoms. The van der Waals surface area contributed by atoms with Crippen LogP contribution < -0.4 is 5.73 Å². The highest BCUT2D eigenvalue weighted by atomic mass is 19.4. The van der Waals surface area contributed by atoms with Gasteiger partial charge in [0, 0.05) is 6.04 Å². The van der Waals surface area contributed by atoms with Crippen LogP contribution in [0.4, 0.5) is 13.2 Å². The molecule has 0 saturated heterocycles. The van der Waals surface area contributed by atoms with Crippen LogP contribution in [0.15, 0.2) is 0 Å². The predicted octanol–water partition coefficient (Wildman–Crippen LogP) is 1.82. The molecule has 1 aliphatic carbocycles. The van der Waals surface area contributed by atoms with Crippen molar-refractivity contribution in [3.63, 3.8) is 0 Å². The van der Waals surface area contributed by atoms with Gasteiger partial charge in [0.1, 0.15) is 0 Å². The van der Waals surface area contributed by atoms with Gasteiger partial charge in [0.15, 0.2) is 5.60 Å². The molecular formula is C9H16F3NO. The van der Waals surface area contributed by atoms with Gasteiger partial charge in [-0.3, -0.25) is 0 Å². The standard InChI is InChI=1S/C9H16F3NO/c1-8(14,9(10,11)12)6-2-4-7(13)5-3-6/h6-7,14H,2-5,13H2,1H3/t6-,7-,8?. The van der Waals surface area contributed by atoms with Crippen molar-refractivity contribution >= 4 is 0 Å². The van der Waals surface area contributed by atoms with Crippen molar-refractivity contribution in [1.29, 1.82) is 0 Å². The molecule has 5 heteroatoms. The van der Waals surface area contributed by atoms with Crippen LogP contribution in [0.3, 0.4) is 0 Å². The Kier molecular flexibility index (Phi) is 3.11. The van der Waals surface area contributed by atoms with E-state index in [2.05, 4.69) is 0 Å². The Balaban J connectivity index is 2.65. The average molecular weight is 211 g/mol. The van der Waals surface area contributed by atoms with Gasteiger partial charge >= 0.3 is 6.18 Å². The van der Waals surface area contributed by atoms with E-state index in [0.29, 0.717) is 25.7 Å². The molecule has 2 nitrogen and oxygen atoms in total. The second-order valence-electron chi connectivity index (χ2n) is 4.26. The van der Waals surface area contributed by atoms with Gasteiger partial charge in [-0.15, -0.1) is 0 Å². The number of halogens is 3. The monoisotopic (exact) mass is 211 g/mol. The maximum absolute atomic E-state index is 12.4. The molecule has 3 N–H and O–H groups in total. The summed E-state index contributed by atoms with van der Waals surface area (Å²) < 4.78 is 37.3. The summed E-state index contributed by atoms with van der Waals surface area (Å²) >= 11 is 0. The van der Waals surface area contributed by atoms with Crippen molar-refractivity contribution in [3.8, 4) is 0 Å². The third-order valence-electron chi connectivity index (χ3n) is 3.14. The summed E-state index contributed by atoms with van der Waals surface area (Å²) in [5.74, 6) is -0.706. The van der Waals surface area contributed by atoms with Gasteiger partial charge in [-0.25, -0.2) is 0 Å². The Morgan fingerprint density at radius 2 is 1.57 bits per heavy atom. The fraction of sp³-hybridized carbons (Fsp3) is 1.00. The highest BCUT2D eigenvalue weighted by Gasteiger charge is 2.54. The summed E-state index contributed by atoms with van der Waals surface area (Å²) in [5.41, 5.74) is 3.02. The number of hydrogen-bond acceptors (Lipinski definition) is 2. The molecule has 0 heterocycles. The van der Waals surface area contributed by atoms with E-state index in [0.717, 1.165) is 6.92 Å². The largest absolute Gasteiger partial charge is 0.417 e. The molecule has 0 aromatic rings. The van der Waals surface area contributed by atoms with E-state index in [1.807, 2.05) is 0 Å². The van der Waals surface area contributed by atoms with Crippen LogP contribution in [-0.4, -0.2) is 22.9 Å². The minimum Gasteiger partial charge on any atom is -0.380 e. The number of alkyl halides is 3. The first-order chi connectivity index (χ1) is 6.25. The van der Waals surface area contributed by atoms with Crippen LogP contribution in [0.5, 0.6) is 0 Å². The number of rotatable bonds is 1. The SMILES string of the molecule is CC(O)([C@H]1CC[C@H](N)CC1)C(F)(F)F. The molecule has 1 aliphatic rings. The van der Waals surface area contributed by atoms with Crippen molar-refractivity contribution in [3.05, 3.63) is 0 Å². The lowest BCUT2D eigenvalue weighted by molar-refractivity contribution is -0.275. The number of nitrogens with two attached hydrogens (primary N) is 1. The second-order valence-corrected chi connectivity index (χ2v) is 4.26. The van der Waals surface area contributed by atoms with Gasteiger partial charge in [-0.2, -0.15) is 13.2 Å². The molecular weight excluding hydrogens is 195 g/mol. The molecule has 0 bridgehead atoms. The molecule has 0 aromatic heterocycles. The first-order valence-corrected chi connectivity index (χ1v) is 4.80. The van der Waals surface area contributed by atoms with Crippen molar-refractivity contribution in [2.24, 2.45) is 11.7 Å². The quantitative estimate of drug-likeness (QED) is 0.695. The summed E-state index contributed by atoms with van der Waals surface area (Å²) in [4.78, 5) is 0. The van der Waals surface area contributed by atoms with Crippen molar-refractivity contribution in [2.45, 2.75) is 50.4 Å².